The molecule has 1 amide bonds. The Morgan fingerprint density at radius 2 is 1.70 bits per heavy atom. The molecule has 3 heterocycles. The molecule has 0 aliphatic carbocycles. The molecule has 1 atom stereocenters. The van der Waals surface area contributed by atoms with Gasteiger partial charge in [0.2, 0.25) is 5.91 Å². The van der Waals surface area contributed by atoms with Gasteiger partial charge < -0.3 is 14.9 Å². The second kappa shape index (κ2) is 11.8. The zero-order valence-corrected chi connectivity index (χ0v) is 17.4. The van der Waals surface area contributed by atoms with Gasteiger partial charge in [-0.05, 0) is 56.5 Å². The fraction of sp³-hybridized carbons (Fsp3) is 0.500. The van der Waals surface area contributed by atoms with E-state index in [-0.39, 0.29) is 5.91 Å². The summed E-state index contributed by atoms with van der Waals surface area (Å²) < 4.78 is 0. The van der Waals surface area contributed by atoms with Gasteiger partial charge in [0, 0.05) is 38.4 Å². The summed E-state index contributed by atoms with van der Waals surface area (Å²) in [5, 5.41) is 18.9. The van der Waals surface area contributed by atoms with Gasteiger partial charge in [0.15, 0.2) is 0 Å². The van der Waals surface area contributed by atoms with Gasteiger partial charge in [0.25, 0.3) is 0 Å². The smallest absolute Gasteiger partial charge is 0.426 e. The van der Waals surface area contributed by atoms with E-state index in [2.05, 4.69) is 14.9 Å². The SMILES string of the molecule is O=C(CCCCCN(Cc1ccccn1)Cc1ccccn1)N1CCCC1B(O)O. The molecule has 1 fully saturated rings. The van der Waals surface area contributed by atoms with Crippen molar-refractivity contribution in [3.8, 4) is 0 Å². The van der Waals surface area contributed by atoms with Gasteiger partial charge in [-0.3, -0.25) is 19.7 Å². The molecule has 0 saturated carbocycles. The van der Waals surface area contributed by atoms with Gasteiger partial charge >= 0.3 is 7.12 Å². The number of hydrogen-bond donors (Lipinski definition) is 2. The lowest BCUT2D eigenvalue weighted by molar-refractivity contribution is -0.131. The van der Waals surface area contributed by atoms with E-state index in [1.54, 1.807) is 4.90 Å². The van der Waals surface area contributed by atoms with Crippen LogP contribution in [-0.2, 0) is 17.9 Å². The Balaban J connectivity index is 1.44. The third kappa shape index (κ3) is 6.90. The Morgan fingerprint density at radius 1 is 1.03 bits per heavy atom. The summed E-state index contributed by atoms with van der Waals surface area (Å²) in [5.41, 5.74) is 2.07. The van der Waals surface area contributed by atoms with E-state index in [4.69, 9.17) is 0 Å². The van der Waals surface area contributed by atoms with Gasteiger partial charge in [-0.25, -0.2) is 0 Å². The van der Waals surface area contributed by atoms with Crippen LogP contribution in [0.3, 0.4) is 0 Å². The van der Waals surface area contributed by atoms with Gasteiger partial charge in [-0.15, -0.1) is 0 Å². The average Bonchev–Trinajstić information content (AvgIpc) is 3.25. The number of rotatable bonds is 11. The summed E-state index contributed by atoms with van der Waals surface area (Å²) in [6.45, 7) is 3.06. The highest BCUT2D eigenvalue weighted by Crippen LogP contribution is 2.20. The molecule has 7 nitrogen and oxygen atoms in total. The van der Waals surface area contributed by atoms with Crippen LogP contribution in [0.2, 0.25) is 0 Å². The summed E-state index contributed by atoms with van der Waals surface area (Å²) in [6.07, 6.45) is 8.34. The first-order chi connectivity index (χ1) is 14.6. The normalized spacial score (nSPS) is 16.2. The maximum Gasteiger partial charge on any atom is 0.475 e. The number of carbonyl (C=O) groups excluding carboxylic acids is 1. The molecule has 2 aromatic rings. The first kappa shape index (κ1) is 22.4. The molecular weight excluding hydrogens is 379 g/mol. The molecule has 160 valence electrons. The van der Waals surface area contributed by atoms with Crippen molar-refractivity contribution < 1.29 is 14.8 Å². The summed E-state index contributed by atoms with van der Waals surface area (Å²) in [5.74, 6) is -0.408. The quantitative estimate of drug-likeness (QED) is 0.435. The van der Waals surface area contributed by atoms with E-state index >= 15 is 0 Å². The molecule has 1 saturated heterocycles. The fourth-order valence-corrected chi connectivity index (χ4v) is 4.00. The molecule has 1 aliphatic heterocycles. The van der Waals surface area contributed by atoms with Crippen LogP contribution in [0.4, 0.5) is 0 Å². The first-order valence-electron chi connectivity index (χ1n) is 10.8. The van der Waals surface area contributed by atoms with Crippen molar-refractivity contribution in [2.45, 2.75) is 57.6 Å². The average molecular weight is 410 g/mol. The van der Waals surface area contributed by atoms with Crippen LogP contribution >= 0.6 is 0 Å². The minimum absolute atomic E-state index is 0.0319. The molecule has 30 heavy (non-hydrogen) atoms. The third-order valence-corrected chi connectivity index (χ3v) is 5.55. The number of amides is 1. The molecule has 0 spiro atoms. The minimum Gasteiger partial charge on any atom is -0.426 e. The maximum absolute atomic E-state index is 12.4. The van der Waals surface area contributed by atoms with Gasteiger partial charge in [-0.2, -0.15) is 0 Å². The third-order valence-electron chi connectivity index (χ3n) is 5.55. The van der Waals surface area contributed by atoms with Crippen molar-refractivity contribution in [2.75, 3.05) is 13.1 Å². The molecule has 1 aliphatic rings. The zero-order chi connectivity index (χ0) is 21.2. The second-order valence-electron chi connectivity index (χ2n) is 7.87. The molecular formula is C22H31BN4O3. The molecule has 0 radical (unpaired) electrons. The predicted molar refractivity (Wildman–Crippen MR) is 116 cm³/mol. The van der Waals surface area contributed by atoms with Crippen LogP contribution in [0, 0.1) is 0 Å². The number of pyridine rings is 2. The van der Waals surface area contributed by atoms with Gasteiger partial charge in [-0.1, -0.05) is 18.6 Å². The number of likely N-dealkylation sites (tertiary alicyclic amines) is 1. The highest BCUT2D eigenvalue weighted by molar-refractivity contribution is 6.43. The van der Waals surface area contributed by atoms with Crippen molar-refractivity contribution >= 4 is 13.0 Å². The van der Waals surface area contributed by atoms with E-state index in [1.807, 2.05) is 48.8 Å². The van der Waals surface area contributed by atoms with Crippen molar-refractivity contribution in [1.82, 2.24) is 19.8 Å². The lowest BCUT2D eigenvalue weighted by Gasteiger charge is -2.24. The van der Waals surface area contributed by atoms with E-state index in [9.17, 15) is 14.8 Å². The number of nitrogens with zero attached hydrogens (tertiary/aromatic N) is 4. The molecule has 0 bridgehead atoms. The topological polar surface area (TPSA) is 89.8 Å². The highest BCUT2D eigenvalue weighted by Gasteiger charge is 2.36. The van der Waals surface area contributed by atoms with Crippen LogP contribution in [0.5, 0.6) is 0 Å². The van der Waals surface area contributed by atoms with Gasteiger partial charge in [0.05, 0.1) is 17.3 Å². The van der Waals surface area contributed by atoms with Gasteiger partial charge in [0.1, 0.15) is 0 Å². The van der Waals surface area contributed by atoms with Crippen LogP contribution in [0.1, 0.15) is 49.9 Å². The Bertz CT molecular complexity index is 722. The minimum atomic E-state index is -1.44. The molecule has 8 heteroatoms. The van der Waals surface area contributed by atoms with Crippen molar-refractivity contribution in [2.24, 2.45) is 0 Å². The molecule has 2 aromatic heterocycles. The Morgan fingerprint density at radius 3 is 2.27 bits per heavy atom. The van der Waals surface area contributed by atoms with E-state index < -0.39 is 13.1 Å². The summed E-state index contributed by atoms with van der Waals surface area (Å²) in [7, 11) is -1.44. The number of hydrogen-bond acceptors (Lipinski definition) is 6. The molecule has 0 aromatic carbocycles. The largest absolute Gasteiger partial charge is 0.475 e. The van der Waals surface area contributed by atoms with E-state index in [0.29, 0.717) is 19.4 Å². The molecule has 2 N–H and O–H groups in total. The number of aromatic nitrogens is 2. The van der Waals surface area contributed by atoms with Crippen LogP contribution in [-0.4, -0.2) is 61.9 Å². The summed E-state index contributed by atoms with van der Waals surface area (Å²) in [4.78, 5) is 25.3. The second-order valence-corrected chi connectivity index (χ2v) is 7.87. The lowest BCUT2D eigenvalue weighted by Crippen LogP contribution is -2.45. The number of unbranched alkanes of at least 4 members (excludes halogenated alkanes) is 2. The van der Waals surface area contributed by atoms with Crippen molar-refractivity contribution in [1.29, 1.82) is 0 Å². The van der Waals surface area contributed by atoms with Crippen LogP contribution in [0.15, 0.2) is 48.8 Å². The predicted octanol–water partition coefficient (Wildman–Crippen LogP) is 2.04. The Kier molecular flexibility index (Phi) is 8.80. The maximum atomic E-state index is 12.4. The fourth-order valence-electron chi connectivity index (χ4n) is 4.00. The monoisotopic (exact) mass is 410 g/mol. The van der Waals surface area contributed by atoms with Crippen LogP contribution < -0.4 is 0 Å². The Hall–Kier alpha value is -2.29. The molecule has 3 rings (SSSR count). The van der Waals surface area contributed by atoms with E-state index in [1.165, 1.54) is 0 Å². The standard InChI is InChI=1S/C22H31BN4O3/c28-22(27-16-8-11-21(27)23(29)30)12-2-1-7-15-26(17-19-9-3-5-13-24-19)18-20-10-4-6-14-25-20/h3-6,9-10,13-14,21,29-30H,1-2,7-8,11-12,15-18H2. The summed E-state index contributed by atoms with van der Waals surface area (Å²) >= 11 is 0. The van der Waals surface area contributed by atoms with E-state index in [0.717, 1.165) is 56.7 Å². The lowest BCUT2D eigenvalue weighted by atomic mass is 9.78. The van der Waals surface area contributed by atoms with Crippen molar-refractivity contribution in [3.63, 3.8) is 0 Å². The highest BCUT2D eigenvalue weighted by atomic mass is 16.4. The molecule has 1 unspecified atom stereocenters. The Labute approximate surface area is 178 Å². The first-order valence-corrected chi connectivity index (χ1v) is 10.8. The summed E-state index contributed by atoms with van der Waals surface area (Å²) in [6, 6.07) is 11.9. The van der Waals surface area contributed by atoms with Crippen LogP contribution in [0.25, 0.3) is 0 Å². The van der Waals surface area contributed by atoms with Crippen molar-refractivity contribution in [3.05, 3.63) is 60.2 Å². The zero-order valence-electron chi connectivity index (χ0n) is 17.4. The number of carbonyl (C=O) groups is 1.